The van der Waals surface area contributed by atoms with Gasteiger partial charge in [0, 0.05) is 21.8 Å². The highest BCUT2D eigenvalue weighted by atomic mass is 16.3. The van der Waals surface area contributed by atoms with Crippen molar-refractivity contribution in [2.75, 3.05) is 0 Å². The maximum Gasteiger partial charge on any atom is 0.136 e. The van der Waals surface area contributed by atoms with Gasteiger partial charge in [0.1, 0.15) is 11.2 Å². The lowest BCUT2D eigenvalue weighted by Gasteiger charge is -2.61. The number of fused-ring (bicyclic) bond motifs is 6. The Bertz CT molecular complexity index is 2330. The van der Waals surface area contributed by atoms with Crippen LogP contribution in [0.3, 0.4) is 0 Å². The maximum absolute atomic E-state index is 6.49. The lowest BCUT2D eigenvalue weighted by Crippen LogP contribution is -2.55. The second kappa shape index (κ2) is 9.58. The van der Waals surface area contributed by atoms with E-state index in [0.29, 0.717) is 0 Å². The Morgan fingerprint density at radius 1 is 0.447 bits per heavy atom. The van der Waals surface area contributed by atoms with Gasteiger partial charge in [-0.1, -0.05) is 115 Å². The summed E-state index contributed by atoms with van der Waals surface area (Å²) >= 11 is 0. The van der Waals surface area contributed by atoms with Gasteiger partial charge >= 0.3 is 0 Å². The fourth-order valence-electron chi connectivity index (χ4n) is 11.1. The summed E-state index contributed by atoms with van der Waals surface area (Å²) in [5, 5.41) is 2.39. The largest absolute Gasteiger partial charge is 0.456 e. The minimum Gasteiger partial charge on any atom is -0.456 e. The van der Waals surface area contributed by atoms with Crippen molar-refractivity contribution in [3.05, 3.63) is 145 Å². The second-order valence-corrected chi connectivity index (χ2v) is 14.9. The Kier molecular flexibility index (Phi) is 5.34. The fraction of sp³-hybridized carbons (Fsp3) is 0.217. The molecule has 1 nitrogen and oxygen atoms in total. The van der Waals surface area contributed by atoms with E-state index < -0.39 is 0 Å². The molecule has 0 aliphatic heterocycles. The van der Waals surface area contributed by atoms with Crippen LogP contribution in [0.5, 0.6) is 0 Å². The molecule has 0 atom stereocenters. The van der Waals surface area contributed by atoms with Crippen molar-refractivity contribution in [2.45, 2.75) is 37.5 Å². The molecule has 7 aromatic rings. The Labute approximate surface area is 275 Å². The number of para-hydroxylation sites is 1. The third-order valence-electron chi connectivity index (χ3n) is 12.7. The lowest BCUT2D eigenvalue weighted by molar-refractivity contribution is -0.0399. The number of furan rings is 1. The SMILES string of the molecule is c1ccc(-c2ccc(-c3ccc4oc5ccccc5c4c3-c3ccc4c(c3)-c3ccccc3C43C4CC5CC(C4)CC3C5)cc2)cc1. The summed E-state index contributed by atoms with van der Waals surface area (Å²) in [7, 11) is 0. The molecule has 6 aromatic carbocycles. The number of rotatable bonds is 3. The first-order valence-electron chi connectivity index (χ1n) is 17.6. The molecule has 226 valence electrons. The molecule has 4 fully saturated rings. The summed E-state index contributed by atoms with van der Waals surface area (Å²) in [6.07, 6.45) is 7.12. The molecule has 1 aromatic heterocycles. The van der Waals surface area contributed by atoms with E-state index in [1.807, 2.05) is 0 Å². The molecule has 5 aliphatic rings. The highest BCUT2D eigenvalue weighted by molar-refractivity contribution is 6.16. The zero-order valence-corrected chi connectivity index (χ0v) is 26.5. The monoisotopic (exact) mass is 604 g/mol. The minimum absolute atomic E-state index is 0.183. The second-order valence-electron chi connectivity index (χ2n) is 14.9. The minimum atomic E-state index is 0.183. The Balaban J connectivity index is 1.14. The van der Waals surface area contributed by atoms with Gasteiger partial charge < -0.3 is 4.42 Å². The molecule has 1 heterocycles. The summed E-state index contributed by atoms with van der Waals surface area (Å²) in [5.74, 6) is 3.43. The summed E-state index contributed by atoms with van der Waals surface area (Å²) < 4.78 is 6.49. The lowest BCUT2D eigenvalue weighted by atomic mass is 9.43. The normalized spacial score (nSPS) is 25.1. The molecule has 4 bridgehead atoms. The van der Waals surface area contributed by atoms with E-state index in [1.54, 1.807) is 11.1 Å². The van der Waals surface area contributed by atoms with Crippen LogP contribution in [0.1, 0.15) is 43.2 Å². The number of hydrogen-bond donors (Lipinski definition) is 0. The third kappa shape index (κ3) is 3.55. The van der Waals surface area contributed by atoms with Crippen molar-refractivity contribution in [3.8, 4) is 44.5 Å². The van der Waals surface area contributed by atoms with Crippen LogP contribution in [-0.4, -0.2) is 0 Å². The molecular weight excluding hydrogens is 569 g/mol. The van der Waals surface area contributed by atoms with E-state index in [9.17, 15) is 0 Å². The molecule has 47 heavy (non-hydrogen) atoms. The molecule has 12 rings (SSSR count). The summed E-state index contributed by atoms with van der Waals surface area (Å²) in [5.41, 5.74) is 15.7. The van der Waals surface area contributed by atoms with Crippen LogP contribution in [0.25, 0.3) is 66.4 Å². The first-order valence-corrected chi connectivity index (χ1v) is 17.6. The average molecular weight is 605 g/mol. The van der Waals surface area contributed by atoms with Crippen LogP contribution in [0.4, 0.5) is 0 Å². The van der Waals surface area contributed by atoms with E-state index in [-0.39, 0.29) is 5.41 Å². The van der Waals surface area contributed by atoms with Crippen LogP contribution in [0.15, 0.2) is 138 Å². The summed E-state index contributed by atoms with van der Waals surface area (Å²) in [6.45, 7) is 0. The van der Waals surface area contributed by atoms with Gasteiger partial charge in [0.15, 0.2) is 0 Å². The molecule has 1 heteroatoms. The molecule has 0 N–H and O–H groups in total. The smallest absolute Gasteiger partial charge is 0.136 e. The van der Waals surface area contributed by atoms with E-state index in [1.165, 1.54) is 87.4 Å². The van der Waals surface area contributed by atoms with E-state index >= 15 is 0 Å². The van der Waals surface area contributed by atoms with Gasteiger partial charge in [-0.15, -0.1) is 0 Å². The molecule has 0 unspecified atom stereocenters. The van der Waals surface area contributed by atoms with E-state index in [2.05, 4.69) is 133 Å². The van der Waals surface area contributed by atoms with Crippen LogP contribution < -0.4 is 0 Å². The Hall–Kier alpha value is -4.88. The quantitative estimate of drug-likeness (QED) is 0.196. The van der Waals surface area contributed by atoms with Crippen molar-refractivity contribution in [2.24, 2.45) is 23.7 Å². The summed E-state index contributed by atoms with van der Waals surface area (Å²) in [4.78, 5) is 0. The van der Waals surface area contributed by atoms with Crippen LogP contribution in [-0.2, 0) is 5.41 Å². The van der Waals surface area contributed by atoms with Gasteiger partial charge in [-0.05, 0) is 124 Å². The Morgan fingerprint density at radius 2 is 1.09 bits per heavy atom. The first kappa shape index (κ1) is 26.2. The van der Waals surface area contributed by atoms with Crippen molar-refractivity contribution < 1.29 is 4.42 Å². The molecule has 1 spiro atoms. The predicted octanol–water partition coefficient (Wildman–Crippen LogP) is 12.3. The van der Waals surface area contributed by atoms with Crippen LogP contribution in [0, 0.1) is 23.7 Å². The zero-order chi connectivity index (χ0) is 30.7. The van der Waals surface area contributed by atoms with Crippen LogP contribution in [0.2, 0.25) is 0 Å². The van der Waals surface area contributed by atoms with Crippen molar-refractivity contribution in [1.29, 1.82) is 0 Å². The molecule has 0 saturated heterocycles. The van der Waals surface area contributed by atoms with Gasteiger partial charge in [-0.3, -0.25) is 0 Å². The van der Waals surface area contributed by atoms with Gasteiger partial charge in [0.05, 0.1) is 0 Å². The first-order chi connectivity index (χ1) is 23.3. The highest BCUT2D eigenvalue weighted by Crippen LogP contribution is 2.69. The summed E-state index contributed by atoms with van der Waals surface area (Å²) in [6, 6.07) is 49.8. The van der Waals surface area contributed by atoms with Gasteiger partial charge in [-0.25, -0.2) is 0 Å². The molecule has 5 aliphatic carbocycles. The van der Waals surface area contributed by atoms with Crippen molar-refractivity contribution in [3.63, 3.8) is 0 Å². The molecule has 4 saturated carbocycles. The van der Waals surface area contributed by atoms with Gasteiger partial charge in [0.25, 0.3) is 0 Å². The maximum atomic E-state index is 6.49. The number of benzene rings is 6. The van der Waals surface area contributed by atoms with Crippen molar-refractivity contribution in [1.82, 2.24) is 0 Å². The fourth-order valence-corrected chi connectivity index (χ4v) is 11.1. The topological polar surface area (TPSA) is 13.1 Å². The Morgan fingerprint density at radius 3 is 1.89 bits per heavy atom. The average Bonchev–Trinajstić information content (AvgIpc) is 3.64. The van der Waals surface area contributed by atoms with Crippen LogP contribution >= 0.6 is 0 Å². The van der Waals surface area contributed by atoms with E-state index in [4.69, 9.17) is 4.42 Å². The standard InChI is InChI=1S/C46H36O/c1-2-8-30(9-3-1)31-14-16-32(17-15-31)36-19-21-43-45(38-11-5-7-13-42(38)47-43)44(36)33-18-20-41-39(27-33)37-10-4-6-12-40(37)46(41)34-23-28-22-29(25-34)26-35(46)24-28/h1-21,27-29,34-35H,22-26H2. The zero-order valence-electron chi connectivity index (χ0n) is 26.5. The number of hydrogen-bond acceptors (Lipinski definition) is 1. The van der Waals surface area contributed by atoms with E-state index in [0.717, 1.165) is 34.8 Å². The van der Waals surface area contributed by atoms with Gasteiger partial charge in [0.2, 0.25) is 0 Å². The van der Waals surface area contributed by atoms with Gasteiger partial charge in [-0.2, -0.15) is 0 Å². The molecule has 0 amide bonds. The highest BCUT2D eigenvalue weighted by Gasteiger charge is 2.61. The molecule has 0 radical (unpaired) electrons. The third-order valence-corrected chi connectivity index (χ3v) is 12.7. The van der Waals surface area contributed by atoms with Crippen molar-refractivity contribution >= 4 is 21.9 Å². The molecular formula is C46H36O. The predicted molar refractivity (Wildman–Crippen MR) is 193 cm³/mol.